The number of allylic oxidation sites excluding steroid dienone is 3. The fourth-order valence-corrected chi connectivity index (χ4v) is 4.48. The predicted octanol–water partition coefficient (Wildman–Crippen LogP) is 6.09. The van der Waals surface area contributed by atoms with Crippen molar-refractivity contribution in [2.45, 2.75) is 47.5 Å². The SMILES string of the molecule is CC1=C(C(C)(C)C(C)(C)C)C(c2ccc(-n3ccnc3-c3ccncc3)cc2)C(C#N)=C(N)O1. The smallest absolute Gasteiger partial charge is 0.205 e. The summed E-state index contributed by atoms with van der Waals surface area (Å²) in [6.07, 6.45) is 7.25. The summed E-state index contributed by atoms with van der Waals surface area (Å²) in [5.74, 6) is 1.51. The normalized spacial score (nSPS) is 16.9. The maximum atomic E-state index is 10.0. The molecule has 34 heavy (non-hydrogen) atoms. The van der Waals surface area contributed by atoms with Crippen molar-refractivity contribution in [1.29, 1.82) is 5.26 Å². The fourth-order valence-electron chi connectivity index (χ4n) is 4.48. The molecule has 0 fully saturated rings. The molecule has 6 nitrogen and oxygen atoms in total. The molecule has 174 valence electrons. The molecule has 6 heteroatoms. The van der Waals surface area contributed by atoms with Gasteiger partial charge >= 0.3 is 0 Å². The molecule has 0 saturated heterocycles. The van der Waals surface area contributed by atoms with E-state index in [4.69, 9.17) is 10.5 Å². The second-order valence-electron chi connectivity index (χ2n) is 10.2. The number of nitrogens with two attached hydrogens (primary N) is 1. The first kappa shape index (κ1) is 23.3. The lowest BCUT2D eigenvalue weighted by Crippen LogP contribution is -2.37. The summed E-state index contributed by atoms with van der Waals surface area (Å²) in [5.41, 5.74) is 10.4. The first-order chi connectivity index (χ1) is 16.1. The Hall–Kier alpha value is -3.85. The summed E-state index contributed by atoms with van der Waals surface area (Å²) in [4.78, 5) is 8.64. The Morgan fingerprint density at radius 3 is 2.24 bits per heavy atom. The van der Waals surface area contributed by atoms with Gasteiger partial charge < -0.3 is 10.5 Å². The number of benzene rings is 1. The highest BCUT2D eigenvalue weighted by Gasteiger charge is 2.45. The second kappa shape index (κ2) is 8.49. The van der Waals surface area contributed by atoms with Gasteiger partial charge in [-0.15, -0.1) is 0 Å². The van der Waals surface area contributed by atoms with Gasteiger partial charge in [0.25, 0.3) is 0 Å². The molecule has 0 amide bonds. The maximum absolute atomic E-state index is 10.0. The quantitative estimate of drug-likeness (QED) is 0.516. The van der Waals surface area contributed by atoms with Gasteiger partial charge in [-0.25, -0.2) is 4.98 Å². The number of hydrogen-bond donors (Lipinski definition) is 1. The molecule has 0 bridgehead atoms. The Bertz CT molecular complexity index is 1300. The van der Waals surface area contributed by atoms with Crippen LogP contribution in [0.5, 0.6) is 0 Å². The van der Waals surface area contributed by atoms with Gasteiger partial charge in [-0.3, -0.25) is 9.55 Å². The predicted molar refractivity (Wildman–Crippen MR) is 133 cm³/mol. The molecular formula is C28H31N5O. The van der Waals surface area contributed by atoms with Gasteiger partial charge in [-0.1, -0.05) is 46.8 Å². The molecule has 1 atom stereocenters. The van der Waals surface area contributed by atoms with Crippen molar-refractivity contribution >= 4 is 0 Å². The molecule has 2 aromatic heterocycles. The van der Waals surface area contributed by atoms with Crippen LogP contribution < -0.4 is 5.73 Å². The van der Waals surface area contributed by atoms with E-state index in [0.717, 1.165) is 34.0 Å². The van der Waals surface area contributed by atoms with Gasteiger partial charge in [-0.05, 0) is 53.2 Å². The lowest BCUT2D eigenvalue weighted by atomic mass is 9.59. The molecule has 1 aliphatic heterocycles. The van der Waals surface area contributed by atoms with E-state index in [1.807, 2.05) is 29.8 Å². The monoisotopic (exact) mass is 453 g/mol. The van der Waals surface area contributed by atoms with Crippen LogP contribution >= 0.6 is 0 Å². The minimum atomic E-state index is -0.274. The number of aromatic nitrogens is 3. The third-order valence-electron chi connectivity index (χ3n) is 7.24. The molecule has 2 N–H and O–H groups in total. The molecule has 3 heterocycles. The number of ether oxygens (including phenoxy) is 1. The van der Waals surface area contributed by atoms with E-state index in [1.165, 1.54) is 0 Å². The average Bonchev–Trinajstić information content (AvgIpc) is 3.28. The molecule has 0 spiro atoms. The number of nitriles is 1. The van der Waals surface area contributed by atoms with Crippen LogP contribution in [0, 0.1) is 22.2 Å². The summed E-state index contributed by atoms with van der Waals surface area (Å²) in [6, 6.07) is 14.5. The lowest BCUT2D eigenvalue weighted by molar-refractivity contribution is 0.150. The van der Waals surface area contributed by atoms with Gasteiger partial charge in [0.1, 0.15) is 23.2 Å². The van der Waals surface area contributed by atoms with Crippen molar-refractivity contribution < 1.29 is 4.74 Å². The van der Waals surface area contributed by atoms with E-state index >= 15 is 0 Å². The Morgan fingerprint density at radius 1 is 1.00 bits per heavy atom. The summed E-state index contributed by atoms with van der Waals surface area (Å²) in [5, 5.41) is 10.0. The van der Waals surface area contributed by atoms with Crippen LogP contribution in [0.1, 0.15) is 53.0 Å². The summed E-state index contributed by atoms with van der Waals surface area (Å²) >= 11 is 0. The Balaban J connectivity index is 1.80. The molecule has 1 unspecified atom stereocenters. The number of pyridine rings is 1. The molecule has 1 aromatic carbocycles. The maximum Gasteiger partial charge on any atom is 0.205 e. The van der Waals surface area contributed by atoms with Gasteiger partial charge in [0.05, 0.1) is 0 Å². The molecule has 0 radical (unpaired) electrons. The second-order valence-corrected chi connectivity index (χ2v) is 10.2. The van der Waals surface area contributed by atoms with Crippen LogP contribution in [0.3, 0.4) is 0 Å². The highest BCUT2D eigenvalue weighted by atomic mass is 16.5. The Kier molecular flexibility index (Phi) is 5.82. The van der Waals surface area contributed by atoms with Crippen molar-refractivity contribution in [1.82, 2.24) is 14.5 Å². The molecular weight excluding hydrogens is 422 g/mol. The summed E-state index contributed by atoms with van der Waals surface area (Å²) in [6.45, 7) is 13.0. The average molecular weight is 454 g/mol. The van der Waals surface area contributed by atoms with Gasteiger partial charge in [0.15, 0.2) is 0 Å². The van der Waals surface area contributed by atoms with Crippen LogP contribution in [-0.4, -0.2) is 14.5 Å². The number of hydrogen-bond acceptors (Lipinski definition) is 5. The fraction of sp³-hybridized carbons (Fsp3) is 0.321. The van der Waals surface area contributed by atoms with Crippen molar-refractivity contribution in [3.63, 3.8) is 0 Å². The number of imidazole rings is 1. The van der Waals surface area contributed by atoms with Crippen LogP contribution in [0.25, 0.3) is 17.1 Å². The Labute approximate surface area is 201 Å². The largest absolute Gasteiger partial charge is 0.445 e. The molecule has 0 saturated carbocycles. The van der Waals surface area contributed by atoms with Crippen LogP contribution in [0.4, 0.5) is 0 Å². The van der Waals surface area contributed by atoms with Gasteiger partial charge in [-0.2, -0.15) is 5.26 Å². The lowest BCUT2D eigenvalue weighted by Gasteiger charge is -2.45. The summed E-state index contributed by atoms with van der Waals surface area (Å²) < 4.78 is 7.92. The van der Waals surface area contributed by atoms with E-state index in [9.17, 15) is 5.26 Å². The van der Waals surface area contributed by atoms with E-state index < -0.39 is 0 Å². The van der Waals surface area contributed by atoms with Crippen molar-refractivity contribution in [3.8, 4) is 23.1 Å². The molecule has 1 aliphatic rings. The third kappa shape index (κ3) is 3.88. The zero-order valence-electron chi connectivity index (χ0n) is 20.6. The van der Waals surface area contributed by atoms with E-state index in [-0.39, 0.29) is 22.6 Å². The molecule has 0 aliphatic carbocycles. The minimum Gasteiger partial charge on any atom is -0.445 e. The number of nitrogens with zero attached hydrogens (tertiary/aromatic N) is 4. The van der Waals surface area contributed by atoms with E-state index in [2.05, 4.69) is 74.9 Å². The first-order valence-corrected chi connectivity index (χ1v) is 11.4. The van der Waals surface area contributed by atoms with Gasteiger partial charge in [0, 0.05) is 42.0 Å². The number of rotatable bonds is 4. The summed E-state index contributed by atoms with van der Waals surface area (Å²) in [7, 11) is 0. The molecule has 4 rings (SSSR count). The van der Waals surface area contributed by atoms with Crippen LogP contribution in [-0.2, 0) is 4.74 Å². The van der Waals surface area contributed by atoms with Crippen molar-refractivity contribution in [3.05, 3.63) is 89.5 Å². The van der Waals surface area contributed by atoms with E-state index in [0.29, 0.717) is 5.57 Å². The van der Waals surface area contributed by atoms with Crippen LogP contribution in [0.2, 0.25) is 0 Å². The van der Waals surface area contributed by atoms with Crippen molar-refractivity contribution in [2.24, 2.45) is 16.6 Å². The highest BCUT2D eigenvalue weighted by molar-refractivity contribution is 5.59. The van der Waals surface area contributed by atoms with Crippen molar-refractivity contribution in [2.75, 3.05) is 0 Å². The standard InChI is InChI=1S/C28H31N5O/c1-18-24(28(5,6)27(2,3)4)23(22(17-29)25(30)34-18)19-7-9-21(10-8-19)33-16-15-32-26(33)20-11-13-31-14-12-20/h7-16,23H,30H2,1-6H3. The Morgan fingerprint density at radius 2 is 1.65 bits per heavy atom. The first-order valence-electron chi connectivity index (χ1n) is 11.4. The zero-order chi connectivity index (χ0) is 24.7. The minimum absolute atomic E-state index is 0.0614. The van der Waals surface area contributed by atoms with Gasteiger partial charge in [0.2, 0.25) is 5.88 Å². The van der Waals surface area contributed by atoms with Crippen LogP contribution in [0.15, 0.2) is 84.0 Å². The third-order valence-corrected chi connectivity index (χ3v) is 7.24. The molecule has 3 aromatic rings. The zero-order valence-corrected chi connectivity index (χ0v) is 20.6. The highest BCUT2D eigenvalue weighted by Crippen LogP contribution is 2.54. The van der Waals surface area contributed by atoms with E-state index in [1.54, 1.807) is 18.6 Å². The topological polar surface area (TPSA) is 89.8 Å².